The maximum Gasteiger partial charge on any atom is 0.223 e. The molecule has 1 fully saturated rings. The lowest BCUT2D eigenvalue weighted by Crippen LogP contribution is -2.27. The molecule has 2 rings (SSSR count). The molecule has 0 saturated heterocycles. The van der Waals surface area contributed by atoms with E-state index >= 15 is 0 Å². The molecule has 1 aromatic rings. The maximum atomic E-state index is 12.0. The van der Waals surface area contributed by atoms with Crippen molar-refractivity contribution in [3.8, 4) is 0 Å². The number of amides is 1. The smallest absolute Gasteiger partial charge is 0.223 e. The van der Waals surface area contributed by atoms with Crippen LogP contribution < -0.4 is 5.32 Å². The van der Waals surface area contributed by atoms with Crippen LogP contribution in [0.25, 0.3) is 0 Å². The van der Waals surface area contributed by atoms with Gasteiger partial charge in [-0.25, -0.2) is 0 Å². The van der Waals surface area contributed by atoms with Gasteiger partial charge in [-0.1, -0.05) is 29.8 Å². The lowest BCUT2D eigenvalue weighted by atomic mass is 10.1. The van der Waals surface area contributed by atoms with E-state index in [1.54, 1.807) is 7.11 Å². The highest BCUT2D eigenvalue weighted by Gasteiger charge is 2.44. The highest BCUT2D eigenvalue weighted by atomic mass is 35.5. The third-order valence-corrected chi connectivity index (χ3v) is 3.97. The molecule has 2 atom stereocenters. The molecule has 1 aromatic carbocycles. The molecule has 5 heteroatoms. The first kappa shape index (κ1) is 16.3. The number of hydrogen-bond acceptors (Lipinski definition) is 3. The van der Waals surface area contributed by atoms with Crippen LogP contribution >= 0.6 is 11.6 Å². The second-order valence-electron chi connectivity index (χ2n) is 5.22. The number of hydrogen-bond donors (Lipinski definition) is 1. The Hall–Kier alpha value is -1.10. The summed E-state index contributed by atoms with van der Waals surface area (Å²) in [7, 11) is 1.65. The summed E-state index contributed by atoms with van der Waals surface area (Å²) in [5.74, 6) is 0.466. The summed E-state index contributed by atoms with van der Waals surface area (Å²) in [5.41, 5.74) is 1.09. The Bertz CT molecular complexity index is 467. The average Bonchev–Trinajstić information content (AvgIpc) is 3.27. The van der Waals surface area contributed by atoms with E-state index in [1.807, 2.05) is 24.3 Å². The SMILES string of the molecule is COCCOCCCNC(=O)C1CC1c1ccccc1Cl. The molecule has 1 saturated carbocycles. The van der Waals surface area contributed by atoms with E-state index in [1.165, 1.54) is 0 Å². The van der Waals surface area contributed by atoms with Crippen LogP contribution in [0.5, 0.6) is 0 Å². The summed E-state index contributed by atoms with van der Waals surface area (Å²) in [6.07, 6.45) is 1.71. The van der Waals surface area contributed by atoms with Crippen molar-refractivity contribution in [1.29, 1.82) is 0 Å². The predicted octanol–water partition coefficient (Wildman–Crippen LogP) is 2.61. The van der Waals surface area contributed by atoms with Gasteiger partial charge in [-0.05, 0) is 30.4 Å². The third kappa shape index (κ3) is 4.99. The van der Waals surface area contributed by atoms with Crippen molar-refractivity contribution in [3.63, 3.8) is 0 Å². The number of methoxy groups -OCH3 is 1. The quantitative estimate of drug-likeness (QED) is 0.713. The molecule has 4 nitrogen and oxygen atoms in total. The second-order valence-corrected chi connectivity index (χ2v) is 5.63. The first-order valence-corrected chi connectivity index (χ1v) is 7.70. The zero-order chi connectivity index (χ0) is 15.1. The minimum Gasteiger partial charge on any atom is -0.382 e. The molecule has 0 spiro atoms. The molecule has 0 aliphatic heterocycles. The number of nitrogens with one attached hydrogen (secondary N) is 1. The van der Waals surface area contributed by atoms with E-state index in [0.717, 1.165) is 23.4 Å². The number of carbonyl (C=O) groups excluding carboxylic acids is 1. The van der Waals surface area contributed by atoms with Crippen LogP contribution in [-0.2, 0) is 14.3 Å². The lowest BCUT2D eigenvalue weighted by Gasteiger charge is -2.06. The van der Waals surface area contributed by atoms with Gasteiger partial charge in [0, 0.05) is 31.2 Å². The molecular weight excluding hydrogens is 290 g/mol. The van der Waals surface area contributed by atoms with Crippen LogP contribution in [-0.4, -0.2) is 39.4 Å². The van der Waals surface area contributed by atoms with Gasteiger partial charge in [0.15, 0.2) is 0 Å². The van der Waals surface area contributed by atoms with Gasteiger partial charge in [-0.3, -0.25) is 4.79 Å². The molecule has 2 unspecified atom stereocenters. The van der Waals surface area contributed by atoms with Gasteiger partial charge < -0.3 is 14.8 Å². The van der Waals surface area contributed by atoms with E-state index in [9.17, 15) is 4.79 Å². The van der Waals surface area contributed by atoms with Crippen molar-refractivity contribution in [1.82, 2.24) is 5.32 Å². The van der Waals surface area contributed by atoms with Gasteiger partial charge >= 0.3 is 0 Å². The third-order valence-electron chi connectivity index (χ3n) is 3.63. The minimum absolute atomic E-state index is 0.0688. The van der Waals surface area contributed by atoms with E-state index in [4.69, 9.17) is 21.1 Å². The summed E-state index contributed by atoms with van der Waals surface area (Å²) in [6, 6.07) is 7.75. The normalized spacial score (nSPS) is 20.3. The van der Waals surface area contributed by atoms with Crippen molar-refractivity contribution in [2.75, 3.05) is 33.5 Å². The summed E-state index contributed by atoms with van der Waals surface area (Å²) in [5, 5.41) is 3.72. The van der Waals surface area contributed by atoms with Crippen LogP contribution in [0.4, 0.5) is 0 Å². The average molecular weight is 312 g/mol. The Morgan fingerprint density at radius 2 is 2.14 bits per heavy atom. The second kappa shape index (κ2) is 8.37. The number of carbonyl (C=O) groups is 1. The minimum atomic E-state index is 0.0688. The summed E-state index contributed by atoms with van der Waals surface area (Å²) in [4.78, 5) is 12.0. The molecule has 0 aromatic heterocycles. The van der Waals surface area contributed by atoms with Crippen LogP contribution in [0.3, 0.4) is 0 Å². The van der Waals surface area contributed by atoms with Gasteiger partial charge in [-0.2, -0.15) is 0 Å². The number of rotatable bonds is 9. The highest BCUT2D eigenvalue weighted by molar-refractivity contribution is 6.31. The Morgan fingerprint density at radius 1 is 1.33 bits per heavy atom. The van der Waals surface area contributed by atoms with Crippen molar-refractivity contribution in [2.45, 2.75) is 18.8 Å². The Morgan fingerprint density at radius 3 is 2.90 bits per heavy atom. The molecule has 0 heterocycles. The molecule has 1 aliphatic carbocycles. The predicted molar refractivity (Wildman–Crippen MR) is 82.6 cm³/mol. The van der Waals surface area contributed by atoms with Gasteiger partial charge in [-0.15, -0.1) is 0 Å². The van der Waals surface area contributed by atoms with Crippen molar-refractivity contribution < 1.29 is 14.3 Å². The van der Waals surface area contributed by atoms with E-state index in [0.29, 0.717) is 26.4 Å². The number of halogens is 1. The van der Waals surface area contributed by atoms with Crippen LogP contribution in [0, 0.1) is 5.92 Å². The Balaban J connectivity index is 1.62. The standard InChI is InChI=1S/C16H22ClNO3/c1-20-9-10-21-8-4-7-18-16(19)14-11-13(14)12-5-2-3-6-15(12)17/h2-3,5-6,13-14H,4,7-11H2,1H3,(H,18,19). The van der Waals surface area contributed by atoms with Crippen LogP contribution in [0.15, 0.2) is 24.3 Å². The molecular formula is C16H22ClNO3. The molecule has 1 amide bonds. The van der Waals surface area contributed by atoms with Gasteiger partial charge in [0.1, 0.15) is 0 Å². The largest absolute Gasteiger partial charge is 0.382 e. The lowest BCUT2D eigenvalue weighted by molar-refractivity contribution is -0.122. The van der Waals surface area contributed by atoms with Crippen LogP contribution in [0.2, 0.25) is 5.02 Å². The van der Waals surface area contributed by atoms with E-state index < -0.39 is 0 Å². The summed E-state index contributed by atoms with van der Waals surface area (Å²) < 4.78 is 10.2. The Kier molecular flexibility index (Phi) is 6.49. The fourth-order valence-electron chi connectivity index (χ4n) is 2.37. The number of benzene rings is 1. The van der Waals surface area contributed by atoms with Crippen molar-refractivity contribution >= 4 is 17.5 Å². The summed E-state index contributed by atoms with van der Waals surface area (Å²) in [6.45, 7) is 2.50. The molecule has 1 N–H and O–H groups in total. The van der Waals surface area contributed by atoms with E-state index in [2.05, 4.69) is 5.32 Å². The van der Waals surface area contributed by atoms with Gasteiger partial charge in [0.2, 0.25) is 5.91 Å². The monoisotopic (exact) mass is 311 g/mol. The topological polar surface area (TPSA) is 47.6 Å². The Labute approximate surface area is 130 Å². The number of ether oxygens (including phenoxy) is 2. The molecule has 21 heavy (non-hydrogen) atoms. The highest BCUT2D eigenvalue weighted by Crippen LogP contribution is 2.49. The van der Waals surface area contributed by atoms with E-state index in [-0.39, 0.29) is 17.7 Å². The first-order valence-electron chi connectivity index (χ1n) is 7.33. The molecule has 1 aliphatic rings. The zero-order valence-corrected chi connectivity index (χ0v) is 13.1. The van der Waals surface area contributed by atoms with Crippen molar-refractivity contribution in [3.05, 3.63) is 34.9 Å². The zero-order valence-electron chi connectivity index (χ0n) is 12.3. The van der Waals surface area contributed by atoms with Gasteiger partial charge in [0.25, 0.3) is 0 Å². The fourth-order valence-corrected chi connectivity index (χ4v) is 2.64. The fraction of sp³-hybridized carbons (Fsp3) is 0.562. The van der Waals surface area contributed by atoms with Gasteiger partial charge in [0.05, 0.1) is 13.2 Å². The molecule has 0 radical (unpaired) electrons. The molecule has 0 bridgehead atoms. The summed E-state index contributed by atoms with van der Waals surface area (Å²) >= 11 is 6.16. The van der Waals surface area contributed by atoms with Crippen LogP contribution in [0.1, 0.15) is 24.3 Å². The molecule has 116 valence electrons. The maximum absolute atomic E-state index is 12.0. The van der Waals surface area contributed by atoms with Crippen molar-refractivity contribution in [2.24, 2.45) is 5.92 Å². The first-order chi connectivity index (χ1) is 10.2.